The maximum Gasteiger partial charge on any atom is 0.408 e. The molecule has 0 radical (unpaired) electrons. The van der Waals surface area contributed by atoms with Crippen molar-refractivity contribution in [2.45, 2.75) is 83.6 Å². The number of amides is 2. The van der Waals surface area contributed by atoms with E-state index >= 15 is 0 Å². The van der Waals surface area contributed by atoms with Crippen LogP contribution in [0.3, 0.4) is 0 Å². The fourth-order valence-corrected chi connectivity index (χ4v) is 6.51. The van der Waals surface area contributed by atoms with E-state index in [2.05, 4.69) is 22.8 Å². The monoisotopic (exact) mass is 666 g/mol. The Hall–Kier alpha value is -4.92. The van der Waals surface area contributed by atoms with Crippen LogP contribution in [-0.2, 0) is 38.5 Å². The quantitative estimate of drug-likeness (QED) is 0.170. The summed E-state index contributed by atoms with van der Waals surface area (Å²) in [6, 6.07) is 21.6. The van der Waals surface area contributed by atoms with Gasteiger partial charge in [-0.1, -0.05) is 60.7 Å². The largest absolute Gasteiger partial charge is 0.489 e. The van der Waals surface area contributed by atoms with Crippen LogP contribution in [0.4, 0.5) is 4.79 Å². The van der Waals surface area contributed by atoms with Gasteiger partial charge in [-0.3, -0.25) is 9.59 Å². The number of esters is 1. The highest BCUT2D eigenvalue weighted by Gasteiger charge is 2.39. The van der Waals surface area contributed by atoms with Crippen LogP contribution in [-0.4, -0.2) is 42.5 Å². The van der Waals surface area contributed by atoms with Crippen molar-refractivity contribution in [3.8, 4) is 5.75 Å². The molecular formula is C40H46N2O7. The Balaban J connectivity index is 1.28. The third-order valence-corrected chi connectivity index (χ3v) is 9.00. The Morgan fingerprint density at radius 1 is 0.857 bits per heavy atom. The Morgan fingerprint density at radius 2 is 1.53 bits per heavy atom. The van der Waals surface area contributed by atoms with Crippen LogP contribution >= 0.6 is 0 Å². The average molecular weight is 667 g/mol. The Labute approximate surface area is 288 Å². The van der Waals surface area contributed by atoms with Gasteiger partial charge in [0.25, 0.3) is 0 Å². The highest BCUT2D eigenvalue weighted by molar-refractivity contribution is 5.94. The highest BCUT2D eigenvalue weighted by atomic mass is 16.6. The van der Waals surface area contributed by atoms with Gasteiger partial charge >= 0.3 is 12.1 Å². The maximum absolute atomic E-state index is 14.3. The molecule has 2 amide bonds. The Bertz CT molecular complexity index is 1660. The predicted molar refractivity (Wildman–Crippen MR) is 186 cm³/mol. The molecule has 3 aromatic rings. The van der Waals surface area contributed by atoms with Crippen LogP contribution in [0, 0.1) is 11.8 Å². The number of nitrogens with one attached hydrogen (secondary N) is 2. The number of rotatable bonds is 11. The number of hydrogen-bond acceptors (Lipinski definition) is 7. The number of carbonyl (C=O) groups excluding carboxylic acids is 4. The lowest BCUT2D eigenvalue weighted by atomic mass is 9.76. The average Bonchev–Trinajstić information content (AvgIpc) is 3.10. The molecule has 0 bridgehead atoms. The predicted octanol–water partition coefficient (Wildman–Crippen LogP) is 6.83. The Kier molecular flexibility index (Phi) is 11.5. The van der Waals surface area contributed by atoms with Crippen molar-refractivity contribution in [3.05, 3.63) is 113 Å². The summed E-state index contributed by atoms with van der Waals surface area (Å²) in [5.74, 6) is -1.26. The zero-order valence-corrected chi connectivity index (χ0v) is 28.7. The molecule has 49 heavy (non-hydrogen) atoms. The minimum Gasteiger partial charge on any atom is -0.489 e. The number of carbonyl (C=O) groups is 4. The number of allylic oxidation sites excluding steroid dienone is 2. The van der Waals surface area contributed by atoms with Crippen LogP contribution in [0.2, 0.25) is 0 Å². The molecule has 4 atom stereocenters. The fourth-order valence-electron chi connectivity index (χ4n) is 6.51. The maximum atomic E-state index is 14.3. The van der Waals surface area contributed by atoms with Crippen LogP contribution in [0.5, 0.6) is 5.75 Å². The number of methoxy groups -OCH3 is 1. The molecule has 2 N–H and O–H groups in total. The minimum absolute atomic E-state index is 0.0882. The van der Waals surface area contributed by atoms with Gasteiger partial charge in [-0.25, -0.2) is 9.59 Å². The van der Waals surface area contributed by atoms with Gasteiger partial charge in [0, 0.05) is 5.92 Å². The molecule has 9 heteroatoms. The molecule has 9 nitrogen and oxygen atoms in total. The molecule has 3 aromatic carbocycles. The molecule has 0 heterocycles. The summed E-state index contributed by atoms with van der Waals surface area (Å²) in [5, 5.41) is 6.08. The number of alkyl carbamates (subject to hydrolysis) is 1. The van der Waals surface area contributed by atoms with Crippen LogP contribution in [0.15, 0.2) is 84.9 Å². The molecule has 258 valence electrons. The van der Waals surface area contributed by atoms with Gasteiger partial charge in [-0.2, -0.15) is 0 Å². The van der Waals surface area contributed by atoms with Crippen LogP contribution in [0.1, 0.15) is 85.1 Å². The van der Waals surface area contributed by atoms with Gasteiger partial charge in [-0.05, 0) is 106 Å². The van der Waals surface area contributed by atoms with Crippen LogP contribution in [0.25, 0.3) is 0 Å². The van der Waals surface area contributed by atoms with Gasteiger partial charge in [-0.15, -0.1) is 0 Å². The second-order valence-corrected chi connectivity index (χ2v) is 13.7. The third-order valence-electron chi connectivity index (χ3n) is 9.00. The molecule has 2 aliphatic rings. The van der Waals surface area contributed by atoms with E-state index in [1.54, 1.807) is 45.0 Å². The highest BCUT2D eigenvalue weighted by Crippen LogP contribution is 2.33. The second-order valence-electron chi connectivity index (χ2n) is 13.7. The lowest BCUT2D eigenvalue weighted by Gasteiger charge is -2.33. The van der Waals surface area contributed by atoms with E-state index in [-0.39, 0.29) is 24.2 Å². The van der Waals surface area contributed by atoms with Crippen molar-refractivity contribution in [3.63, 3.8) is 0 Å². The molecule has 0 fully saturated rings. The number of benzene rings is 3. The minimum atomic E-state index is -0.905. The Morgan fingerprint density at radius 3 is 2.22 bits per heavy atom. The van der Waals surface area contributed by atoms with Gasteiger partial charge in [0.2, 0.25) is 5.91 Å². The standard InChI is InChI=1S/C40H46N2O7/c1-40(2,3)49-39(46)42-35(24-26-18-22-30(23-19-26)48-25-27-16-20-29(21-17-27)38(45)47-4)36(43)32-13-7-8-14-33(32)37(44)41-34-15-9-11-28-10-5-6-12-31(28)34/h5-8,10,12,16-23,32-35H,9,11,13-15,24-25H2,1-4H3,(H,41,44)(H,42,46)/t32?,33-,34?,35?/m1/s1. The molecule has 0 saturated heterocycles. The first-order valence-electron chi connectivity index (χ1n) is 17.0. The van der Waals surface area contributed by atoms with E-state index in [1.165, 1.54) is 12.7 Å². The van der Waals surface area contributed by atoms with Crippen molar-refractivity contribution in [2.24, 2.45) is 11.8 Å². The second kappa shape index (κ2) is 16.0. The first kappa shape index (κ1) is 35.4. The summed E-state index contributed by atoms with van der Waals surface area (Å²) in [4.78, 5) is 52.7. The number of fused-ring (bicyclic) bond motifs is 1. The molecule has 0 spiro atoms. The molecule has 0 aromatic heterocycles. The van der Waals surface area contributed by atoms with E-state index < -0.39 is 35.5 Å². The number of ketones is 1. The van der Waals surface area contributed by atoms with Gasteiger partial charge in [0.15, 0.2) is 5.78 Å². The van der Waals surface area contributed by atoms with Crippen molar-refractivity contribution in [1.82, 2.24) is 10.6 Å². The van der Waals surface area contributed by atoms with Crippen molar-refractivity contribution in [1.29, 1.82) is 0 Å². The van der Waals surface area contributed by atoms with Gasteiger partial charge in [0.1, 0.15) is 18.0 Å². The van der Waals surface area contributed by atoms with Crippen LogP contribution < -0.4 is 15.4 Å². The van der Waals surface area contributed by atoms with E-state index in [1.807, 2.05) is 48.6 Å². The number of aryl methyl sites for hydroxylation is 1. The summed E-state index contributed by atoms with van der Waals surface area (Å²) in [5.41, 5.74) is 3.81. The normalized spacial score (nSPS) is 19.1. The van der Waals surface area contributed by atoms with Crippen molar-refractivity contribution in [2.75, 3.05) is 7.11 Å². The molecular weight excluding hydrogens is 620 g/mol. The van der Waals surface area contributed by atoms with Crippen molar-refractivity contribution < 1.29 is 33.4 Å². The number of ether oxygens (including phenoxy) is 3. The first-order valence-corrected chi connectivity index (χ1v) is 17.0. The summed E-state index contributed by atoms with van der Waals surface area (Å²) in [7, 11) is 1.34. The summed E-state index contributed by atoms with van der Waals surface area (Å²) in [6.45, 7) is 5.61. The summed E-state index contributed by atoms with van der Waals surface area (Å²) < 4.78 is 16.2. The third kappa shape index (κ3) is 9.59. The van der Waals surface area contributed by atoms with E-state index in [4.69, 9.17) is 14.2 Å². The molecule has 2 aliphatic carbocycles. The molecule has 0 saturated carbocycles. The SMILES string of the molecule is COC(=O)c1ccc(COc2ccc(CC(NC(=O)OC(C)(C)C)C(=O)C3CC=CC[C@H]3C(=O)NC3CCCc4ccccc43)cc2)cc1. The summed E-state index contributed by atoms with van der Waals surface area (Å²) in [6.07, 6.45) is 7.15. The van der Waals surface area contributed by atoms with E-state index in [0.29, 0.717) is 30.8 Å². The summed E-state index contributed by atoms with van der Waals surface area (Å²) >= 11 is 0. The number of hydrogen-bond donors (Lipinski definition) is 2. The van der Waals surface area contributed by atoms with E-state index in [9.17, 15) is 19.2 Å². The molecule has 3 unspecified atom stereocenters. The lowest BCUT2D eigenvalue weighted by molar-refractivity contribution is -0.135. The smallest absolute Gasteiger partial charge is 0.408 e. The van der Waals surface area contributed by atoms with E-state index in [0.717, 1.165) is 36.0 Å². The topological polar surface area (TPSA) is 120 Å². The van der Waals surface area contributed by atoms with Gasteiger partial charge < -0.3 is 24.8 Å². The van der Waals surface area contributed by atoms with Crippen molar-refractivity contribution >= 4 is 23.8 Å². The fraction of sp³-hybridized carbons (Fsp3) is 0.400. The van der Waals surface area contributed by atoms with Gasteiger partial charge in [0.05, 0.1) is 30.7 Å². The number of Topliss-reactive ketones (excluding diaryl/α,β-unsaturated/α-hetero) is 1. The molecule has 0 aliphatic heterocycles. The zero-order chi connectivity index (χ0) is 35.0. The first-order chi connectivity index (χ1) is 23.5. The zero-order valence-electron chi connectivity index (χ0n) is 28.7. The molecule has 5 rings (SSSR count). The lowest BCUT2D eigenvalue weighted by Crippen LogP contribution is -2.50.